The van der Waals surface area contributed by atoms with Gasteiger partial charge in [-0.05, 0) is 18.6 Å². The lowest BCUT2D eigenvalue weighted by atomic mass is 10.1. The molecule has 0 radical (unpaired) electrons. The van der Waals surface area contributed by atoms with Crippen molar-refractivity contribution in [1.29, 1.82) is 0 Å². The summed E-state index contributed by atoms with van der Waals surface area (Å²) in [7, 11) is 0. The molecule has 1 amide bonds. The van der Waals surface area contributed by atoms with Gasteiger partial charge in [-0.1, -0.05) is 31.9 Å². The summed E-state index contributed by atoms with van der Waals surface area (Å²) in [4.78, 5) is 19.1. The fourth-order valence-electron chi connectivity index (χ4n) is 2.07. The van der Waals surface area contributed by atoms with E-state index >= 15 is 0 Å². The number of aromatic amines is 1. The van der Waals surface area contributed by atoms with E-state index in [2.05, 4.69) is 22.2 Å². The lowest BCUT2D eigenvalue weighted by Gasteiger charge is -2.14. The third kappa shape index (κ3) is 2.88. The first-order chi connectivity index (χ1) is 8.70. The van der Waals surface area contributed by atoms with Crippen molar-refractivity contribution in [3.8, 4) is 0 Å². The SMILES string of the molecule is CCCC[C@@H](NC(C)=O)c1nc2ccccc2[nH]1. The van der Waals surface area contributed by atoms with Crippen LogP contribution in [-0.2, 0) is 4.79 Å². The predicted octanol–water partition coefficient (Wildman–Crippen LogP) is 2.93. The number of carbonyl (C=O) groups excluding carboxylic acids is 1. The van der Waals surface area contributed by atoms with Gasteiger partial charge >= 0.3 is 0 Å². The average Bonchev–Trinajstić information content (AvgIpc) is 2.77. The molecule has 0 unspecified atom stereocenters. The first kappa shape index (κ1) is 12.6. The number of imidazole rings is 1. The molecule has 2 aromatic rings. The fraction of sp³-hybridized carbons (Fsp3) is 0.429. The Labute approximate surface area is 107 Å². The number of hydrogen-bond donors (Lipinski definition) is 2. The van der Waals surface area contributed by atoms with Gasteiger partial charge in [0.25, 0.3) is 0 Å². The first-order valence-electron chi connectivity index (χ1n) is 6.42. The van der Waals surface area contributed by atoms with Gasteiger partial charge in [0.05, 0.1) is 17.1 Å². The Balaban J connectivity index is 2.25. The van der Waals surface area contributed by atoms with Crippen LogP contribution in [0, 0.1) is 0 Å². The number of aromatic nitrogens is 2. The number of fused-ring (bicyclic) bond motifs is 1. The maximum Gasteiger partial charge on any atom is 0.217 e. The van der Waals surface area contributed by atoms with E-state index < -0.39 is 0 Å². The molecular weight excluding hydrogens is 226 g/mol. The molecule has 4 heteroatoms. The van der Waals surface area contributed by atoms with E-state index in [9.17, 15) is 4.79 Å². The second kappa shape index (κ2) is 5.67. The lowest BCUT2D eigenvalue weighted by Crippen LogP contribution is -2.26. The molecule has 18 heavy (non-hydrogen) atoms. The summed E-state index contributed by atoms with van der Waals surface area (Å²) >= 11 is 0. The molecule has 0 aliphatic carbocycles. The molecule has 0 bridgehead atoms. The summed E-state index contributed by atoms with van der Waals surface area (Å²) in [6.45, 7) is 3.69. The van der Waals surface area contributed by atoms with Crippen LogP contribution in [0.2, 0.25) is 0 Å². The molecule has 2 rings (SSSR count). The molecule has 0 saturated carbocycles. The zero-order valence-corrected chi connectivity index (χ0v) is 10.9. The highest BCUT2D eigenvalue weighted by Gasteiger charge is 2.16. The van der Waals surface area contributed by atoms with Gasteiger partial charge in [0.15, 0.2) is 0 Å². The maximum atomic E-state index is 11.3. The van der Waals surface area contributed by atoms with Crippen LogP contribution in [0.25, 0.3) is 11.0 Å². The van der Waals surface area contributed by atoms with Crippen molar-refractivity contribution >= 4 is 16.9 Å². The molecule has 1 atom stereocenters. The number of benzene rings is 1. The molecule has 0 aliphatic heterocycles. The van der Waals surface area contributed by atoms with Crippen molar-refractivity contribution in [1.82, 2.24) is 15.3 Å². The van der Waals surface area contributed by atoms with Crippen LogP contribution in [0.15, 0.2) is 24.3 Å². The van der Waals surface area contributed by atoms with Crippen molar-refractivity contribution in [3.05, 3.63) is 30.1 Å². The van der Waals surface area contributed by atoms with Gasteiger partial charge in [0, 0.05) is 6.92 Å². The third-order valence-electron chi connectivity index (χ3n) is 2.96. The van der Waals surface area contributed by atoms with E-state index in [4.69, 9.17) is 0 Å². The number of unbranched alkanes of at least 4 members (excludes halogenated alkanes) is 1. The normalized spacial score (nSPS) is 12.6. The van der Waals surface area contributed by atoms with Gasteiger partial charge < -0.3 is 10.3 Å². The first-order valence-corrected chi connectivity index (χ1v) is 6.42. The minimum atomic E-state index is -0.0187. The number of H-pyrrole nitrogens is 1. The molecular formula is C14H19N3O. The van der Waals surface area contributed by atoms with Crippen LogP contribution in [-0.4, -0.2) is 15.9 Å². The van der Waals surface area contributed by atoms with Crippen LogP contribution in [0.1, 0.15) is 45.0 Å². The highest BCUT2D eigenvalue weighted by Crippen LogP contribution is 2.20. The summed E-state index contributed by atoms with van der Waals surface area (Å²) in [6, 6.07) is 7.89. The number of nitrogens with one attached hydrogen (secondary N) is 2. The van der Waals surface area contributed by atoms with E-state index in [1.807, 2.05) is 24.3 Å². The molecule has 1 aromatic carbocycles. The van der Waals surface area contributed by atoms with Gasteiger partial charge in [-0.3, -0.25) is 4.79 Å². The second-order valence-electron chi connectivity index (χ2n) is 4.53. The summed E-state index contributed by atoms with van der Waals surface area (Å²) in [5.74, 6) is 0.830. The van der Waals surface area contributed by atoms with Gasteiger partial charge in [0.1, 0.15) is 5.82 Å². The monoisotopic (exact) mass is 245 g/mol. The molecule has 0 aliphatic rings. The Kier molecular flexibility index (Phi) is 3.97. The Morgan fingerprint density at radius 3 is 2.89 bits per heavy atom. The van der Waals surface area contributed by atoms with E-state index in [0.29, 0.717) is 0 Å². The van der Waals surface area contributed by atoms with Crippen molar-refractivity contribution < 1.29 is 4.79 Å². The molecule has 4 nitrogen and oxygen atoms in total. The van der Waals surface area contributed by atoms with Gasteiger partial charge in [-0.25, -0.2) is 4.98 Å². The Bertz CT molecular complexity index is 500. The molecule has 1 aromatic heterocycles. The Hall–Kier alpha value is -1.84. The van der Waals surface area contributed by atoms with E-state index in [-0.39, 0.29) is 11.9 Å². The van der Waals surface area contributed by atoms with Crippen molar-refractivity contribution in [2.75, 3.05) is 0 Å². The van der Waals surface area contributed by atoms with Crippen LogP contribution < -0.4 is 5.32 Å². The van der Waals surface area contributed by atoms with Crippen molar-refractivity contribution in [3.63, 3.8) is 0 Å². The summed E-state index contributed by atoms with van der Waals surface area (Å²) in [5.41, 5.74) is 1.96. The highest BCUT2D eigenvalue weighted by molar-refractivity contribution is 5.76. The van der Waals surface area contributed by atoms with Crippen LogP contribution in [0.4, 0.5) is 0 Å². The van der Waals surface area contributed by atoms with E-state index in [1.165, 1.54) is 0 Å². The summed E-state index contributed by atoms with van der Waals surface area (Å²) < 4.78 is 0. The third-order valence-corrected chi connectivity index (χ3v) is 2.96. The second-order valence-corrected chi connectivity index (χ2v) is 4.53. The molecule has 2 N–H and O–H groups in total. The number of rotatable bonds is 5. The standard InChI is InChI=1S/C14H19N3O/c1-3-4-7-13(15-10(2)18)14-16-11-8-5-6-9-12(11)17-14/h5-6,8-9,13H,3-4,7H2,1-2H3,(H,15,18)(H,16,17)/t13-/m1/s1. The average molecular weight is 245 g/mol. The Morgan fingerprint density at radius 1 is 1.44 bits per heavy atom. The zero-order chi connectivity index (χ0) is 13.0. The van der Waals surface area contributed by atoms with Crippen LogP contribution in [0.5, 0.6) is 0 Å². The maximum absolute atomic E-state index is 11.3. The highest BCUT2D eigenvalue weighted by atomic mass is 16.1. The summed E-state index contributed by atoms with van der Waals surface area (Å²) in [6.07, 6.45) is 3.09. The largest absolute Gasteiger partial charge is 0.346 e. The van der Waals surface area contributed by atoms with Crippen molar-refractivity contribution in [2.24, 2.45) is 0 Å². The van der Waals surface area contributed by atoms with E-state index in [0.717, 1.165) is 36.1 Å². The lowest BCUT2D eigenvalue weighted by molar-refractivity contribution is -0.119. The number of carbonyl (C=O) groups is 1. The number of amides is 1. The number of nitrogens with zero attached hydrogens (tertiary/aromatic N) is 1. The molecule has 96 valence electrons. The Morgan fingerprint density at radius 2 is 2.22 bits per heavy atom. The minimum Gasteiger partial charge on any atom is -0.346 e. The smallest absolute Gasteiger partial charge is 0.217 e. The number of para-hydroxylation sites is 2. The fourth-order valence-corrected chi connectivity index (χ4v) is 2.07. The molecule has 0 saturated heterocycles. The van der Waals surface area contributed by atoms with Gasteiger partial charge in [0.2, 0.25) is 5.91 Å². The predicted molar refractivity (Wildman–Crippen MR) is 72.2 cm³/mol. The zero-order valence-electron chi connectivity index (χ0n) is 10.9. The number of hydrogen-bond acceptors (Lipinski definition) is 2. The van der Waals surface area contributed by atoms with Crippen molar-refractivity contribution in [2.45, 2.75) is 39.2 Å². The minimum absolute atomic E-state index is 0.0171. The quantitative estimate of drug-likeness (QED) is 0.851. The molecule has 0 spiro atoms. The van der Waals surface area contributed by atoms with E-state index in [1.54, 1.807) is 6.92 Å². The van der Waals surface area contributed by atoms with Gasteiger partial charge in [-0.2, -0.15) is 0 Å². The topological polar surface area (TPSA) is 57.8 Å². The van der Waals surface area contributed by atoms with Gasteiger partial charge in [-0.15, -0.1) is 0 Å². The molecule has 0 fully saturated rings. The van der Waals surface area contributed by atoms with Crippen LogP contribution >= 0.6 is 0 Å². The summed E-state index contributed by atoms with van der Waals surface area (Å²) in [5, 5.41) is 2.96. The molecule has 1 heterocycles. The van der Waals surface area contributed by atoms with Crippen LogP contribution in [0.3, 0.4) is 0 Å².